The van der Waals surface area contributed by atoms with Gasteiger partial charge in [0.25, 0.3) is 5.91 Å². The van der Waals surface area contributed by atoms with Gasteiger partial charge in [0.1, 0.15) is 0 Å². The summed E-state index contributed by atoms with van der Waals surface area (Å²) in [6, 6.07) is 4.13. The molecule has 6 nitrogen and oxygen atoms in total. The number of urea groups is 1. The molecule has 0 aromatic carbocycles. The van der Waals surface area contributed by atoms with Crippen molar-refractivity contribution < 1.29 is 9.59 Å². The van der Waals surface area contributed by atoms with Crippen molar-refractivity contribution in [2.24, 2.45) is 0 Å². The molecule has 0 spiro atoms. The van der Waals surface area contributed by atoms with Crippen molar-refractivity contribution in [2.75, 3.05) is 19.6 Å². The van der Waals surface area contributed by atoms with Crippen LogP contribution in [0.5, 0.6) is 0 Å². The third-order valence-electron chi connectivity index (χ3n) is 4.72. The summed E-state index contributed by atoms with van der Waals surface area (Å²) in [6.45, 7) is 5.93. The van der Waals surface area contributed by atoms with Crippen LogP contribution in [0.25, 0.3) is 0 Å². The molecule has 0 bridgehead atoms. The van der Waals surface area contributed by atoms with Gasteiger partial charge in [-0.1, -0.05) is 0 Å². The van der Waals surface area contributed by atoms with Gasteiger partial charge in [0, 0.05) is 37.3 Å². The van der Waals surface area contributed by atoms with E-state index in [4.69, 9.17) is 0 Å². The summed E-state index contributed by atoms with van der Waals surface area (Å²) >= 11 is 0. The highest BCUT2D eigenvalue weighted by Crippen LogP contribution is 2.30. The molecule has 0 atom stereocenters. The van der Waals surface area contributed by atoms with E-state index in [1.165, 1.54) is 0 Å². The van der Waals surface area contributed by atoms with Crippen molar-refractivity contribution in [3.63, 3.8) is 0 Å². The van der Waals surface area contributed by atoms with E-state index in [2.05, 4.69) is 15.6 Å². The average molecular weight is 330 g/mol. The first-order valence-electron chi connectivity index (χ1n) is 8.89. The summed E-state index contributed by atoms with van der Waals surface area (Å²) in [5.74, 6) is 0.224. The fraction of sp³-hybridized carbons (Fsp3) is 0.611. The molecule has 1 aromatic rings. The molecule has 2 heterocycles. The zero-order valence-corrected chi connectivity index (χ0v) is 14.5. The van der Waals surface area contributed by atoms with Crippen molar-refractivity contribution in [1.29, 1.82) is 0 Å². The van der Waals surface area contributed by atoms with E-state index in [9.17, 15) is 9.59 Å². The largest absolute Gasteiger partial charge is 0.349 e. The second-order valence-electron chi connectivity index (χ2n) is 6.73. The van der Waals surface area contributed by atoms with Crippen LogP contribution in [0.2, 0.25) is 0 Å². The summed E-state index contributed by atoms with van der Waals surface area (Å²) in [7, 11) is 0. The van der Waals surface area contributed by atoms with Crippen LogP contribution in [0.3, 0.4) is 0 Å². The lowest BCUT2D eigenvalue weighted by Gasteiger charge is -2.32. The molecule has 1 saturated heterocycles. The topological polar surface area (TPSA) is 74.3 Å². The van der Waals surface area contributed by atoms with Crippen molar-refractivity contribution in [3.05, 3.63) is 29.1 Å². The predicted octanol–water partition coefficient (Wildman–Crippen LogP) is 2.19. The highest BCUT2D eigenvalue weighted by Gasteiger charge is 2.29. The fourth-order valence-electron chi connectivity index (χ4n) is 3.19. The molecule has 2 N–H and O–H groups in total. The fourth-order valence-corrected chi connectivity index (χ4v) is 3.19. The molecule has 130 valence electrons. The van der Waals surface area contributed by atoms with Gasteiger partial charge in [0.05, 0.1) is 11.3 Å². The number of piperidine rings is 1. The number of nitrogens with one attached hydrogen (secondary N) is 2. The number of hydrogen-bond donors (Lipinski definition) is 2. The monoisotopic (exact) mass is 330 g/mol. The molecule has 24 heavy (non-hydrogen) atoms. The van der Waals surface area contributed by atoms with Gasteiger partial charge in [0.2, 0.25) is 0 Å². The van der Waals surface area contributed by atoms with E-state index in [1.54, 1.807) is 0 Å². The van der Waals surface area contributed by atoms with E-state index >= 15 is 0 Å². The minimum absolute atomic E-state index is 0.000138. The second kappa shape index (κ2) is 7.20. The number of rotatable bonds is 4. The van der Waals surface area contributed by atoms with Gasteiger partial charge in [-0.15, -0.1) is 0 Å². The lowest BCUT2D eigenvalue weighted by Crippen LogP contribution is -2.44. The molecule has 3 rings (SSSR count). The minimum Gasteiger partial charge on any atom is -0.349 e. The maximum atomic E-state index is 12.5. The number of amides is 3. The number of carbonyl (C=O) groups excluding carboxylic acids is 2. The van der Waals surface area contributed by atoms with E-state index in [0.29, 0.717) is 31.2 Å². The molecule has 2 fully saturated rings. The number of nitrogens with zero attached hydrogens (tertiary/aromatic N) is 2. The standard InChI is InChI=1S/C18H26N4O2/c1-3-19-18(24)22-10-8-13(9-11-22)16-15(7-4-12(2)20-16)17(23)21-14-5-6-14/h4,7,13-14H,3,5-6,8-11H2,1-2H3,(H,19,24)(H,21,23). The summed E-state index contributed by atoms with van der Waals surface area (Å²) < 4.78 is 0. The first-order valence-corrected chi connectivity index (χ1v) is 8.89. The van der Waals surface area contributed by atoms with Crippen LogP contribution in [-0.4, -0.2) is 47.5 Å². The zero-order valence-electron chi connectivity index (χ0n) is 14.5. The molecule has 1 aliphatic carbocycles. The van der Waals surface area contributed by atoms with Crippen molar-refractivity contribution >= 4 is 11.9 Å². The third kappa shape index (κ3) is 3.86. The Morgan fingerprint density at radius 2 is 1.92 bits per heavy atom. The van der Waals surface area contributed by atoms with Gasteiger partial charge in [-0.3, -0.25) is 9.78 Å². The van der Waals surface area contributed by atoms with Gasteiger partial charge < -0.3 is 15.5 Å². The van der Waals surface area contributed by atoms with Gasteiger partial charge >= 0.3 is 6.03 Å². The Bertz CT molecular complexity index is 619. The molecular weight excluding hydrogens is 304 g/mol. The van der Waals surface area contributed by atoms with Gasteiger partial charge in [-0.25, -0.2) is 4.79 Å². The number of aromatic nitrogens is 1. The van der Waals surface area contributed by atoms with Gasteiger partial charge in [-0.2, -0.15) is 0 Å². The Hall–Kier alpha value is -2.11. The van der Waals surface area contributed by atoms with Crippen molar-refractivity contribution in [2.45, 2.75) is 51.5 Å². The number of pyridine rings is 1. The molecule has 0 radical (unpaired) electrons. The molecule has 1 aromatic heterocycles. The molecule has 6 heteroatoms. The highest BCUT2D eigenvalue weighted by molar-refractivity contribution is 5.95. The molecule has 1 saturated carbocycles. The van der Waals surface area contributed by atoms with Crippen LogP contribution >= 0.6 is 0 Å². The Kier molecular flexibility index (Phi) is 5.02. The van der Waals surface area contributed by atoms with E-state index in [0.717, 1.165) is 37.1 Å². The zero-order chi connectivity index (χ0) is 17.1. The van der Waals surface area contributed by atoms with E-state index < -0.39 is 0 Å². The molecule has 1 aliphatic heterocycles. The lowest BCUT2D eigenvalue weighted by atomic mass is 9.90. The summed E-state index contributed by atoms with van der Waals surface area (Å²) in [6.07, 6.45) is 3.84. The first-order chi connectivity index (χ1) is 11.6. The van der Waals surface area contributed by atoms with Gasteiger partial charge in [0.15, 0.2) is 0 Å². The third-order valence-corrected chi connectivity index (χ3v) is 4.72. The Labute approximate surface area is 143 Å². The maximum Gasteiger partial charge on any atom is 0.317 e. The molecule has 3 amide bonds. The second-order valence-corrected chi connectivity index (χ2v) is 6.73. The van der Waals surface area contributed by atoms with Crippen LogP contribution in [0.15, 0.2) is 12.1 Å². The van der Waals surface area contributed by atoms with Crippen molar-refractivity contribution in [3.8, 4) is 0 Å². The maximum absolute atomic E-state index is 12.5. The van der Waals surface area contributed by atoms with E-state index in [1.807, 2.05) is 30.9 Å². The normalized spacial score (nSPS) is 18.3. The Morgan fingerprint density at radius 1 is 1.21 bits per heavy atom. The molecular formula is C18H26N4O2. The minimum atomic E-state index is -0.00819. The Balaban J connectivity index is 1.71. The van der Waals surface area contributed by atoms with Crippen LogP contribution < -0.4 is 10.6 Å². The lowest BCUT2D eigenvalue weighted by molar-refractivity contribution is 0.0948. The Morgan fingerprint density at radius 3 is 2.54 bits per heavy atom. The average Bonchev–Trinajstić information content (AvgIpc) is 3.39. The molecule has 2 aliphatic rings. The van der Waals surface area contributed by atoms with Crippen molar-refractivity contribution in [1.82, 2.24) is 20.5 Å². The van der Waals surface area contributed by atoms with Crippen LogP contribution in [0.1, 0.15) is 60.3 Å². The van der Waals surface area contributed by atoms with Crippen LogP contribution in [-0.2, 0) is 0 Å². The quantitative estimate of drug-likeness (QED) is 0.889. The number of aryl methyl sites for hydroxylation is 1. The molecule has 0 unspecified atom stereocenters. The first kappa shape index (κ1) is 16.7. The predicted molar refractivity (Wildman–Crippen MR) is 92.1 cm³/mol. The highest BCUT2D eigenvalue weighted by atomic mass is 16.2. The number of hydrogen-bond acceptors (Lipinski definition) is 3. The van der Waals surface area contributed by atoms with Gasteiger partial charge in [-0.05, 0) is 51.7 Å². The smallest absolute Gasteiger partial charge is 0.317 e. The SMILES string of the molecule is CCNC(=O)N1CCC(c2nc(C)ccc2C(=O)NC2CC2)CC1. The van der Waals surface area contributed by atoms with Crippen LogP contribution in [0, 0.1) is 6.92 Å². The summed E-state index contributed by atoms with van der Waals surface area (Å²) in [5.41, 5.74) is 2.52. The van der Waals surface area contributed by atoms with E-state index in [-0.39, 0.29) is 17.9 Å². The summed E-state index contributed by atoms with van der Waals surface area (Å²) in [4.78, 5) is 31.0. The summed E-state index contributed by atoms with van der Waals surface area (Å²) in [5, 5.41) is 5.90. The van der Waals surface area contributed by atoms with Crippen LogP contribution in [0.4, 0.5) is 4.79 Å². The number of likely N-dealkylation sites (tertiary alicyclic amines) is 1. The number of carbonyl (C=O) groups is 2.